The van der Waals surface area contributed by atoms with Gasteiger partial charge in [0, 0.05) is 11.0 Å². The lowest BCUT2D eigenvalue weighted by atomic mass is 10.1. The van der Waals surface area contributed by atoms with Crippen LogP contribution in [0, 0.1) is 0 Å². The third kappa shape index (κ3) is 2.98. The lowest BCUT2D eigenvalue weighted by Crippen LogP contribution is -2.23. The summed E-state index contributed by atoms with van der Waals surface area (Å²) in [5.41, 5.74) is -0.853. The molecule has 0 spiro atoms. The van der Waals surface area contributed by atoms with Crippen LogP contribution in [0.3, 0.4) is 0 Å². The molecule has 1 rings (SSSR count). The summed E-state index contributed by atoms with van der Waals surface area (Å²) in [6.45, 7) is 2.06. The Kier molecular flexibility index (Phi) is 3.96. The average Bonchev–Trinajstić information content (AvgIpc) is 2.16. The SMILES string of the molecule is CCNC(=O)c1cc(C(F)(F)F)ccc1Br. The van der Waals surface area contributed by atoms with Gasteiger partial charge in [-0.15, -0.1) is 0 Å². The summed E-state index contributed by atoms with van der Waals surface area (Å²) < 4.78 is 37.5. The molecule has 1 aromatic rings. The lowest BCUT2D eigenvalue weighted by Gasteiger charge is -2.10. The molecular formula is C10H9BrF3NO. The first kappa shape index (κ1) is 13.0. The highest BCUT2D eigenvalue weighted by Crippen LogP contribution is 2.31. The van der Waals surface area contributed by atoms with Crippen molar-refractivity contribution >= 4 is 21.8 Å². The molecule has 0 bridgehead atoms. The van der Waals surface area contributed by atoms with E-state index in [1.165, 1.54) is 6.07 Å². The van der Waals surface area contributed by atoms with Crippen molar-refractivity contribution in [3.63, 3.8) is 0 Å². The highest BCUT2D eigenvalue weighted by molar-refractivity contribution is 9.10. The van der Waals surface area contributed by atoms with Gasteiger partial charge in [-0.2, -0.15) is 13.2 Å². The van der Waals surface area contributed by atoms with Gasteiger partial charge in [0.2, 0.25) is 0 Å². The second-order valence-corrected chi connectivity index (χ2v) is 3.91. The van der Waals surface area contributed by atoms with Gasteiger partial charge in [0.1, 0.15) is 0 Å². The Labute approximate surface area is 99.0 Å². The van der Waals surface area contributed by atoms with Crippen molar-refractivity contribution in [3.8, 4) is 0 Å². The molecule has 0 unspecified atom stereocenters. The Balaban J connectivity index is 3.14. The fraction of sp³-hybridized carbons (Fsp3) is 0.300. The number of carbonyl (C=O) groups excluding carboxylic acids is 1. The van der Waals surface area contributed by atoms with Crippen LogP contribution in [0.15, 0.2) is 22.7 Å². The summed E-state index contributed by atoms with van der Waals surface area (Å²) in [6, 6.07) is 2.97. The number of hydrogen-bond acceptors (Lipinski definition) is 1. The van der Waals surface area contributed by atoms with Gasteiger partial charge in [-0.1, -0.05) is 0 Å². The molecule has 1 aromatic carbocycles. The smallest absolute Gasteiger partial charge is 0.352 e. The van der Waals surface area contributed by atoms with Crippen LogP contribution in [0.2, 0.25) is 0 Å². The molecule has 0 fully saturated rings. The van der Waals surface area contributed by atoms with Crippen molar-refractivity contribution in [2.24, 2.45) is 0 Å². The van der Waals surface area contributed by atoms with E-state index in [4.69, 9.17) is 0 Å². The van der Waals surface area contributed by atoms with Gasteiger partial charge in [-0.25, -0.2) is 0 Å². The van der Waals surface area contributed by atoms with Gasteiger partial charge in [0.25, 0.3) is 5.91 Å². The lowest BCUT2D eigenvalue weighted by molar-refractivity contribution is -0.137. The third-order valence-corrected chi connectivity index (χ3v) is 2.57. The Morgan fingerprint density at radius 3 is 2.56 bits per heavy atom. The minimum absolute atomic E-state index is 0.0170. The molecule has 0 radical (unpaired) electrons. The second-order valence-electron chi connectivity index (χ2n) is 3.05. The zero-order chi connectivity index (χ0) is 12.3. The molecule has 0 aliphatic heterocycles. The predicted molar refractivity (Wildman–Crippen MR) is 57.2 cm³/mol. The average molecular weight is 296 g/mol. The molecule has 0 aliphatic rings. The molecule has 0 saturated heterocycles. The first-order valence-corrected chi connectivity index (χ1v) is 5.30. The van der Waals surface area contributed by atoms with Crippen molar-refractivity contribution in [2.45, 2.75) is 13.1 Å². The summed E-state index contributed by atoms with van der Waals surface area (Å²) in [4.78, 5) is 11.4. The van der Waals surface area contributed by atoms with E-state index in [9.17, 15) is 18.0 Å². The van der Waals surface area contributed by atoms with Crippen molar-refractivity contribution < 1.29 is 18.0 Å². The molecule has 2 nitrogen and oxygen atoms in total. The largest absolute Gasteiger partial charge is 0.416 e. The van der Waals surface area contributed by atoms with Gasteiger partial charge in [-0.3, -0.25) is 4.79 Å². The molecule has 1 N–H and O–H groups in total. The van der Waals surface area contributed by atoms with Crippen LogP contribution < -0.4 is 5.32 Å². The van der Waals surface area contributed by atoms with Crippen LogP contribution in [0.1, 0.15) is 22.8 Å². The van der Waals surface area contributed by atoms with Crippen LogP contribution in [0.4, 0.5) is 13.2 Å². The standard InChI is InChI=1S/C10H9BrF3NO/c1-2-15-9(16)7-5-6(10(12,13)14)3-4-8(7)11/h3-5H,2H2,1H3,(H,15,16). The maximum atomic E-state index is 12.4. The fourth-order valence-electron chi connectivity index (χ4n) is 1.13. The van der Waals surface area contributed by atoms with E-state index in [1.807, 2.05) is 0 Å². The summed E-state index contributed by atoms with van der Waals surface area (Å²) in [5.74, 6) is -0.527. The maximum Gasteiger partial charge on any atom is 0.416 e. The quantitative estimate of drug-likeness (QED) is 0.892. The molecule has 1 amide bonds. The number of benzene rings is 1. The van der Waals surface area contributed by atoms with Gasteiger partial charge in [-0.05, 0) is 41.1 Å². The van der Waals surface area contributed by atoms with Gasteiger partial charge in [0.05, 0.1) is 11.1 Å². The van der Waals surface area contributed by atoms with Crippen LogP contribution >= 0.6 is 15.9 Å². The Morgan fingerprint density at radius 1 is 1.44 bits per heavy atom. The van der Waals surface area contributed by atoms with E-state index in [0.29, 0.717) is 11.0 Å². The number of hydrogen-bond donors (Lipinski definition) is 1. The molecule has 0 atom stereocenters. The van der Waals surface area contributed by atoms with Crippen molar-refractivity contribution in [2.75, 3.05) is 6.54 Å². The summed E-state index contributed by atoms with van der Waals surface area (Å²) in [6.07, 6.45) is -4.44. The molecule has 0 aromatic heterocycles. The second kappa shape index (κ2) is 4.86. The van der Waals surface area contributed by atoms with E-state index in [0.717, 1.165) is 12.1 Å². The van der Waals surface area contributed by atoms with E-state index in [1.54, 1.807) is 6.92 Å². The molecule has 0 saturated carbocycles. The molecule has 6 heteroatoms. The zero-order valence-corrected chi connectivity index (χ0v) is 9.95. The van der Waals surface area contributed by atoms with E-state index in [-0.39, 0.29) is 5.56 Å². The molecule has 0 aliphatic carbocycles. The highest BCUT2D eigenvalue weighted by Gasteiger charge is 2.31. The first-order valence-electron chi connectivity index (χ1n) is 4.51. The van der Waals surface area contributed by atoms with Crippen molar-refractivity contribution in [1.29, 1.82) is 0 Å². The van der Waals surface area contributed by atoms with Crippen LogP contribution in [0.5, 0.6) is 0 Å². The number of amides is 1. The number of alkyl halides is 3. The first-order chi connectivity index (χ1) is 7.36. The van der Waals surface area contributed by atoms with Crippen LogP contribution in [-0.4, -0.2) is 12.5 Å². The summed E-state index contributed by atoms with van der Waals surface area (Å²) in [5, 5.41) is 2.45. The van der Waals surface area contributed by atoms with Crippen LogP contribution in [-0.2, 0) is 6.18 Å². The molecule has 0 heterocycles. The number of rotatable bonds is 2. The fourth-order valence-corrected chi connectivity index (χ4v) is 1.56. The molecule has 88 valence electrons. The normalized spacial score (nSPS) is 11.3. The van der Waals surface area contributed by atoms with Gasteiger partial charge in [0.15, 0.2) is 0 Å². The topological polar surface area (TPSA) is 29.1 Å². The molecule has 16 heavy (non-hydrogen) atoms. The monoisotopic (exact) mass is 295 g/mol. The summed E-state index contributed by atoms with van der Waals surface area (Å²) >= 11 is 3.04. The highest BCUT2D eigenvalue weighted by atomic mass is 79.9. The Morgan fingerprint density at radius 2 is 2.06 bits per heavy atom. The third-order valence-electron chi connectivity index (χ3n) is 1.88. The van der Waals surface area contributed by atoms with Gasteiger partial charge >= 0.3 is 6.18 Å². The molecular weight excluding hydrogens is 287 g/mol. The summed E-state index contributed by atoms with van der Waals surface area (Å²) in [7, 11) is 0. The minimum Gasteiger partial charge on any atom is -0.352 e. The predicted octanol–water partition coefficient (Wildman–Crippen LogP) is 3.22. The number of nitrogens with one attached hydrogen (secondary N) is 1. The van der Waals surface area contributed by atoms with E-state index >= 15 is 0 Å². The maximum absolute atomic E-state index is 12.4. The Hall–Kier alpha value is -1.04. The van der Waals surface area contributed by atoms with E-state index in [2.05, 4.69) is 21.2 Å². The number of halogens is 4. The minimum atomic E-state index is -4.44. The zero-order valence-electron chi connectivity index (χ0n) is 8.36. The van der Waals surface area contributed by atoms with E-state index < -0.39 is 17.6 Å². The Bertz CT molecular complexity index is 404. The van der Waals surface area contributed by atoms with Crippen molar-refractivity contribution in [3.05, 3.63) is 33.8 Å². The number of carbonyl (C=O) groups is 1. The van der Waals surface area contributed by atoms with Crippen LogP contribution in [0.25, 0.3) is 0 Å². The van der Waals surface area contributed by atoms with Gasteiger partial charge < -0.3 is 5.32 Å². The van der Waals surface area contributed by atoms with Crippen molar-refractivity contribution in [1.82, 2.24) is 5.32 Å².